The summed E-state index contributed by atoms with van der Waals surface area (Å²) in [6.45, 7) is 6.05. The first kappa shape index (κ1) is 18.0. The SMILES string of the molecule is O=C(c1ccc(OCCCN2CCN(c3ccncc3)CC2)cc1)C1CC1. The molecule has 2 heterocycles. The molecule has 1 aromatic heterocycles. The maximum Gasteiger partial charge on any atom is 0.165 e. The van der Waals surface area contributed by atoms with Gasteiger partial charge in [0.1, 0.15) is 5.75 Å². The molecular formula is C22H27N3O2. The fourth-order valence-corrected chi connectivity index (χ4v) is 3.56. The summed E-state index contributed by atoms with van der Waals surface area (Å²) in [5.41, 5.74) is 2.08. The van der Waals surface area contributed by atoms with Gasteiger partial charge in [-0.2, -0.15) is 0 Å². The molecule has 0 N–H and O–H groups in total. The zero-order valence-corrected chi connectivity index (χ0v) is 15.7. The number of carbonyl (C=O) groups is 1. The Hall–Kier alpha value is -2.40. The van der Waals surface area contributed by atoms with Gasteiger partial charge in [-0.1, -0.05) is 0 Å². The fourth-order valence-electron chi connectivity index (χ4n) is 3.56. The lowest BCUT2D eigenvalue weighted by molar-refractivity contribution is 0.0967. The van der Waals surface area contributed by atoms with Crippen LogP contribution in [0.2, 0.25) is 0 Å². The topological polar surface area (TPSA) is 45.7 Å². The van der Waals surface area contributed by atoms with E-state index in [-0.39, 0.29) is 11.7 Å². The van der Waals surface area contributed by atoms with E-state index in [0.717, 1.165) is 63.3 Å². The van der Waals surface area contributed by atoms with E-state index >= 15 is 0 Å². The summed E-state index contributed by atoms with van der Waals surface area (Å²) in [7, 11) is 0. The normalized spacial score (nSPS) is 17.7. The Labute approximate surface area is 161 Å². The molecule has 142 valence electrons. The van der Waals surface area contributed by atoms with Gasteiger partial charge in [0.15, 0.2) is 5.78 Å². The molecule has 0 spiro atoms. The molecule has 0 atom stereocenters. The zero-order chi connectivity index (χ0) is 18.5. The van der Waals surface area contributed by atoms with E-state index in [0.29, 0.717) is 6.61 Å². The number of hydrogen-bond donors (Lipinski definition) is 0. The first-order valence-corrected chi connectivity index (χ1v) is 9.94. The summed E-state index contributed by atoms with van der Waals surface area (Å²) < 4.78 is 5.84. The highest BCUT2D eigenvalue weighted by Crippen LogP contribution is 2.32. The van der Waals surface area contributed by atoms with Crippen molar-refractivity contribution < 1.29 is 9.53 Å². The number of anilines is 1. The van der Waals surface area contributed by atoms with E-state index in [1.165, 1.54) is 5.69 Å². The Balaban J connectivity index is 1.14. The fraction of sp³-hybridized carbons (Fsp3) is 0.455. The van der Waals surface area contributed by atoms with Gasteiger partial charge in [-0.15, -0.1) is 0 Å². The number of piperazine rings is 1. The van der Waals surface area contributed by atoms with Crippen molar-refractivity contribution in [3.05, 3.63) is 54.4 Å². The Morgan fingerprint density at radius 3 is 2.37 bits per heavy atom. The lowest BCUT2D eigenvalue weighted by Crippen LogP contribution is -2.46. The summed E-state index contributed by atoms with van der Waals surface area (Å²) in [6, 6.07) is 11.8. The van der Waals surface area contributed by atoms with Crippen molar-refractivity contribution in [2.75, 3.05) is 44.2 Å². The van der Waals surface area contributed by atoms with Crippen LogP contribution in [-0.2, 0) is 0 Å². The number of Topliss-reactive ketones (excluding diaryl/α,β-unsaturated/α-hetero) is 1. The maximum atomic E-state index is 12.0. The molecule has 0 radical (unpaired) electrons. The molecule has 1 saturated heterocycles. The molecule has 0 bridgehead atoms. The minimum atomic E-state index is 0.274. The molecule has 1 aliphatic carbocycles. The molecule has 2 aromatic rings. The van der Waals surface area contributed by atoms with E-state index in [1.807, 2.05) is 36.7 Å². The standard InChI is InChI=1S/C22H27N3O2/c26-22(18-2-3-18)19-4-6-21(7-5-19)27-17-1-12-24-13-15-25(16-14-24)20-8-10-23-11-9-20/h4-11,18H,1-3,12-17H2. The molecule has 4 rings (SSSR count). The van der Waals surface area contributed by atoms with E-state index in [9.17, 15) is 4.79 Å². The first-order chi connectivity index (χ1) is 13.3. The van der Waals surface area contributed by atoms with Crippen LogP contribution in [0.5, 0.6) is 5.75 Å². The smallest absolute Gasteiger partial charge is 0.165 e. The second-order valence-electron chi connectivity index (χ2n) is 7.40. The summed E-state index contributed by atoms with van der Waals surface area (Å²) in [4.78, 5) is 21.0. The molecule has 0 amide bonds. The Morgan fingerprint density at radius 2 is 1.70 bits per heavy atom. The van der Waals surface area contributed by atoms with Crippen LogP contribution in [0.4, 0.5) is 5.69 Å². The average Bonchev–Trinajstić information content (AvgIpc) is 3.58. The molecule has 5 nitrogen and oxygen atoms in total. The third-order valence-corrected chi connectivity index (χ3v) is 5.37. The van der Waals surface area contributed by atoms with Crippen molar-refractivity contribution in [3.8, 4) is 5.75 Å². The van der Waals surface area contributed by atoms with Crippen LogP contribution in [0.25, 0.3) is 0 Å². The number of rotatable bonds is 8. The highest BCUT2D eigenvalue weighted by atomic mass is 16.5. The Kier molecular flexibility index (Phi) is 5.68. The van der Waals surface area contributed by atoms with Crippen LogP contribution in [0.15, 0.2) is 48.8 Å². The van der Waals surface area contributed by atoms with E-state index < -0.39 is 0 Å². The maximum absolute atomic E-state index is 12.0. The number of ether oxygens (including phenoxy) is 1. The highest BCUT2D eigenvalue weighted by molar-refractivity contribution is 5.99. The quantitative estimate of drug-likeness (QED) is 0.531. The van der Waals surface area contributed by atoms with Crippen LogP contribution in [0, 0.1) is 5.92 Å². The minimum Gasteiger partial charge on any atom is -0.494 e. The van der Waals surface area contributed by atoms with Gasteiger partial charge in [0.05, 0.1) is 6.61 Å². The Morgan fingerprint density at radius 1 is 1.00 bits per heavy atom. The molecule has 2 aliphatic rings. The predicted molar refractivity (Wildman–Crippen MR) is 106 cm³/mol. The van der Waals surface area contributed by atoms with Crippen molar-refractivity contribution in [3.63, 3.8) is 0 Å². The molecule has 1 aromatic carbocycles. The van der Waals surface area contributed by atoms with Gasteiger partial charge < -0.3 is 9.64 Å². The lowest BCUT2D eigenvalue weighted by atomic mass is 10.1. The van der Waals surface area contributed by atoms with Gasteiger partial charge >= 0.3 is 0 Å². The molecule has 27 heavy (non-hydrogen) atoms. The van der Waals surface area contributed by atoms with Crippen LogP contribution in [0.1, 0.15) is 29.6 Å². The number of nitrogens with zero attached hydrogens (tertiary/aromatic N) is 3. The van der Waals surface area contributed by atoms with Crippen LogP contribution in [0.3, 0.4) is 0 Å². The minimum absolute atomic E-state index is 0.274. The second kappa shape index (κ2) is 8.53. The van der Waals surface area contributed by atoms with Gasteiger partial charge in [-0.05, 0) is 55.7 Å². The molecule has 1 aliphatic heterocycles. The van der Waals surface area contributed by atoms with Crippen molar-refractivity contribution in [1.29, 1.82) is 0 Å². The van der Waals surface area contributed by atoms with Crippen molar-refractivity contribution in [1.82, 2.24) is 9.88 Å². The number of benzene rings is 1. The number of aromatic nitrogens is 1. The van der Waals surface area contributed by atoms with Crippen molar-refractivity contribution in [2.24, 2.45) is 5.92 Å². The molecule has 2 fully saturated rings. The molecule has 0 unspecified atom stereocenters. The second-order valence-corrected chi connectivity index (χ2v) is 7.40. The first-order valence-electron chi connectivity index (χ1n) is 9.94. The summed E-state index contributed by atoms with van der Waals surface area (Å²) in [5.74, 6) is 1.41. The van der Waals surface area contributed by atoms with Gasteiger partial charge in [0.2, 0.25) is 0 Å². The summed E-state index contributed by atoms with van der Waals surface area (Å²) in [5, 5.41) is 0. The van der Waals surface area contributed by atoms with Gasteiger partial charge in [0, 0.05) is 62.3 Å². The molecule has 1 saturated carbocycles. The highest BCUT2D eigenvalue weighted by Gasteiger charge is 2.30. The van der Waals surface area contributed by atoms with Gasteiger partial charge in [-0.3, -0.25) is 14.7 Å². The van der Waals surface area contributed by atoms with E-state index in [4.69, 9.17) is 4.74 Å². The number of carbonyl (C=O) groups excluding carboxylic acids is 1. The molecular weight excluding hydrogens is 338 g/mol. The largest absolute Gasteiger partial charge is 0.494 e. The Bertz CT molecular complexity index is 736. The third kappa shape index (κ3) is 4.86. The predicted octanol–water partition coefficient (Wildman–Crippen LogP) is 3.27. The van der Waals surface area contributed by atoms with Crippen molar-refractivity contribution in [2.45, 2.75) is 19.3 Å². The number of hydrogen-bond acceptors (Lipinski definition) is 5. The summed E-state index contributed by atoms with van der Waals surface area (Å²) in [6.07, 6.45) is 6.82. The van der Waals surface area contributed by atoms with Crippen molar-refractivity contribution >= 4 is 11.5 Å². The van der Waals surface area contributed by atoms with Crippen LogP contribution < -0.4 is 9.64 Å². The van der Waals surface area contributed by atoms with E-state index in [2.05, 4.69) is 26.9 Å². The van der Waals surface area contributed by atoms with Gasteiger partial charge in [0.25, 0.3) is 0 Å². The zero-order valence-electron chi connectivity index (χ0n) is 15.7. The molecule has 5 heteroatoms. The summed E-state index contributed by atoms with van der Waals surface area (Å²) >= 11 is 0. The van der Waals surface area contributed by atoms with Gasteiger partial charge in [-0.25, -0.2) is 0 Å². The number of pyridine rings is 1. The lowest BCUT2D eigenvalue weighted by Gasteiger charge is -2.36. The van der Waals surface area contributed by atoms with E-state index in [1.54, 1.807) is 0 Å². The van der Waals surface area contributed by atoms with Crippen LogP contribution in [-0.4, -0.2) is 55.0 Å². The average molecular weight is 365 g/mol. The third-order valence-electron chi connectivity index (χ3n) is 5.37. The monoisotopic (exact) mass is 365 g/mol. The number of ketones is 1. The van der Waals surface area contributed by atoms with Crippen LogP contribution >= 0.6 is 0 Å².